The molecule has 0 bridgehead atoms. The first-order chi connectivity index (χ1) is 10.0. The molecule has 0 aliphatic rings. The third-order valence-corrected chi connectivity index (χ3v) is 3.42. The van der Waals surface area contributed by atoms with Crippen LogP contribution in [0.1, 0.15) is 12.0 Å². The van der Waals surface area contributed by atoms with Crippen molar-refractivity contribution in [3.05, 3.63) is 52.5 Å². The number of benzene rings is 2. The van der Waals surface area contributed by atoms with Gasteiger partial charge in [-0.15, -0.1) is 0 Å². The van der Waals surface area contributed by atoms with Gasteiger partial charge in [-0.1, -0.05) is 28.1 Å². The van der Waals surface area contributed by atoms with Gasteiger partial charge in [0.05, 0.1) is 13.0 Å². The van der Waals surface area contributed by atoms with E-state index in [4.69, 9.17) is 10.5 Å². The third kappa shape index (κ3) is 4.79. The lowest BCUT2D eigenvalue weighted by Gasteiger charge is -2.10. The van der Waals surface area contributed by atoms with Crippen molar-refractivity contribution in [1.82, 2.24) is 0 Å². The maximum Gasteiger partial charge on any atom is 0.227 e. The lowest BCUT2D eigenvalue weighted by Crippen LogP contribution is -2.16. The highest BCUT2D eigenvalue weighted by atomic mass is 79.9. The van der Waals surface area contributed by atoms with Gasteiger partial charge in [0, 0.05) is 15.8 Å². The minimum atomic E-state index is -0.0984. The second-order valence-corrected chi connectivity index (χ2v) is 5.59. The zero-order valence-electron chi connectivity index (χ0n) is 11.7. The standard InChI is InChI=1S/C16H17BrN2O2/c1-11-5-6-13(18)10-15(11)19-16(20)7-8-21-14-4-2-3-12(17)9-14/h2-6,9-10H,7-8,18H2,1H3,(H,19,20). The highest BCUT2D eigenvalue weighted by Gasteiger charge is 2.06. The number of halogens is 1. The van der Waals surface area contributed by atoms with Crippen molar-refractivity contribution in [2.75, 3.05) is 17.7 Å². The van der Waals surface area contributed by atoms with Gasteiger partial charge in [0.25, 0.3) is 0 Å². The number of rotatable bonds is 5. The molecule has 3 N–H and O–H groups in total. The molecule has 0 spiro atoms. The number of nitrogen functional groups attached to an aromatic ring is 1. The van der Waals surface area contributed by atoms with E-state index >= 15 is 0 Å². The molecule has 2 aromatic rings. The van der Waals surface area contributed by atoms with Crippen molar-refractivity contribution in [2.24, 2.45) is 0 Å². The number of hydrogen-bond acceptors (Lipinski definition) is 3. The second-order valence-electron chi connectivity index (χ2n) is 4.68. The predicted molar refractivity (Wildman–Crippen MR) is 88.5 cm³/mol. The van der Waals surface area contributed by atoms with Crippen molar-refractivity contribution >= 4 is 33.2 Å². The Kier molecular flexibility index (Phi) is 5.22. The van der Waals surface area contributed by atoms with Crippen molar-refractivity contribution in [3.8, 4) is 5.75 Å². The molecule has 21 heavy (non-hydrogen) atoms. The summed E-state index contributed by atoms with van der Waals surface area (Å²) >= 11 is 3.37. The van der Waals surface area contributed by atoms with Crippen molar-refractivity contribution in [2.45, 2.75) is 13.3 Å². The average molecular weight is 349 g/mol. The lowest BCUT2D eigenvalue weighted by molar-refractivity contribution is -0.116. The molecule has 0 unspecified atom stereocenters. The summed E-state index contributed by atoms with van der Waals surface area (Å²) < 4.78 is 6.48. The fourth-order valence-electron chi connectivity index (χ4n) is 1.81. The van der Waals surface area contributed by atoms with Gasteiger partial charge in [0.15, 0.2) is 0 Å². The van der Waals surface area contributed by atoms with Crippen molar-refractivity contribution in [3.63, 3.8) is 0 Å². The van der Waals surface area contributed by atoms with Gasteiger partial charge in [-0.05, 0) is 42.8 Å². The SMILES string of the molecule is Cc1ccc(N)cc1NC(=O)CCOc1cccc(Br)c1. The first kappa shape index (κ1) is 15.4. The predicted octanol–water partition coefficient (Wildman–Crippen LogP) is 3.75. The first-order valence-electron chi connectivity index (χ1n) is 6.59. The van der Waals surface area contributed by atoms with Crippen molar-refractivity contribution in [1.29, 1.82) is 0 Å². The summed E-state index contributed by atoms with van der Waals surface area (Å²) in [7, 11) is 0. The summed E-state index contributed by atoms with van der Waals surface area (Å²) in [5.74, 6) is 0.635. The average Bonchev–Trinajstić information content (AvgIpc) is 2.43. The zero-order valence-corrected chi connectivity index (χ0v) is 13.3. The Morgan fingerprint density at radius 1 is 1.29 bits per heavy atom. The van der Waals surface area contributed by atoms with Crippen LogP contribution in [0.5, 0.6) is 5.75 Å². The molecule has 110 valence electrons. The molecule has 0 saturated carbocycles. The Bertz CT molecular complexity index is 644. The lowest BCUT2D eigenvalue weighted by atomic mass is 10.2. The Morgan fingerprint density at radius 3 is 2.86 bits per heavy atom. The highest BCUT2D eigenvalue weighted by molar-refractivity contribution is 9.10. The Hall–Kier alpha value is -2.01. The van der Waals surface area contributed by atoms with Gasteiger partial charge in [-0.2, -0.15) is 0 Å². The van der Waals surface area contributed by atoms with Gasteiger partial charge in [-0.3, -0.25) is 4.79 Å². The smallest absolute Gasteiger partial charge is 0.227 e. The summed E-state index contributed by atoms with van der Waals surface area (Å²) in [5, 5.41) is 2.84. The Labute approximate surface area is 132 Å². The molecule has 0 atom stereocenters. The first-order valence-corrected chi connectivity index (χ1v) is 7.38. The maximum atomic E-state index is 11.9. The van der Waals surface area contributed by atoms with Crippen LogP contribution in [-0.2, 0) is 4.79 Å². The van der Waals surface area contributed by atoms with E-state index in [1.165, 1.54) is 0 Å². The van der Waals surface area contributed by atoms with Crippen LogP contribution in [0.15, 0.2) is 46.9 Å². The van der Waals surface area contributed by atoms with E-state index in [0.29, 0.717) is 12.3 Å². The number of nitrogens with two attached hydrogens (primary N) is 1. The van der Waals surface area contributed by atoms with E-state index in [2.05, 4.69) is 21.2 Å². The van der Waals surface area contributed by atoms with E-state index in [-0.39, 0.29) is 12.3 Å². The fraction of sp³-hybridized carbons (Fsp3) is 0.188. The van der Waals surface area contributed by atoms with Crippen LogP contribution >= 0.6 is 15.9 Å². The second kappa shape index (κ2) is 7.13. The Morgan fingerprint density at radius 2 is 2.10 bits per heavy atom. The van der Waals surface area contributed by atoms with Gasteiger partial charge in [0.2, 0.25) is 5.91 Å². The van der Waals surface area contributed by atoms with E-state index in [1.54, 1.807) is 12.1 Å². The molecule has 5 heteroatoms. The summed E-state index contributed by atoms with van der Waals surface area (Å²) in [6, 6.07) is 13.0. The third-order valence-electron chi connectivity index (χ3n) is 2.93. The number of carbonyl (C=O) groups is 1. The van der Waals surface area contributed by atoms with Crippen LogP contribution in [0.3, 0.4) is 0 Å². The molecule has 2 aromatic carbocycles. The number of anilines is 2. The molecule has 0 fully saturated rings. The van der Waals surface area contributed by atoms with Crippen LogP contribution in [0.4, 0.5) is 11.4 Å². The van der Waals surface area contributed by atoms with Gasteiger partial charge in [0.1, 0.15) is 5.75 Å². The quantitative estimate of drug-likeness (QED) is 0.808. The molecule has 0 saturated heterocycles. The number of nitrogens with one attached hydrogen (secondary N) is 1. The molecule has 0 heterocycles. The largest absolute Gasteiger partial charge is 0.493 e. The van der Waals surface area contributed by atoms with E-state index in [0.717, 1.165) is 21.5 Å². The summed E-state index contributed by atoms with van der Waals surface area (Å²) in [6.45, 7) is 2.25. The molecule has 4 nitrogen and oxygen atoms in total. The van der Waals surface area contributed by atoms with Crippen LogP contribution < -0.4 is 15.8 Å². The molecule has 0 radical (unpaired) electrons. The number of amides is 1. The van der Waals surface area contributed by atoms with E-state index in [9.17, 15) is 4.79 Å². The van der Waals surface area contributed by atoms with Crippen LogP contribution in [0.25, 0.3) is 0 Å². The van der Waals surface area contributed by atoms with Gasteiger partial charge >= 0.3 is 0 Å². The maximum absolute atomic E-state index is 11.9. The number of ether oxygens (including phenoxy) is 1. The van der Waals surface area contributed by atoms with Crippen molar-refractivity contribution < 1.29 is 9.53 Å². The minimum absolute atomic E-state index is 0.0984. The summed E-state index contributed by atoms with van der Waals surface area (Å²) in [6.07, 6.45) is 0.279. The zero-order chi connectivity index (χ0) is 15.2. The summed E-state index contributed by atoms with van der Waals surface area (Å²) in [5.41, 5.74) is 8.05. The Balaban J connectivity index is 1.84. The monoisotopic (exact) mass is 348 g/mol. The number of carbonyl (C=O) groups excluding carboxylic acids is 1. The molecular weight excluding hydrogens is 332 g/mol. The van der Waals surface area contributed by atoms with Gasteiger partial charge in [-0.25, -0.2) is 0 Å². The molecule has 0 aliphatic carbocycles. The summed E-state index contributed by atoms with van der Waals surface area (Å²) in [4.78, 5) is 11.9. The van der Waals surface area contributed by atoms with Crippen LogP contribution in [0.2, 0.25) is 0 Å². The van der Waals surface area contributed by atoms with Gasteiger partial charge < -0.3 is 15.8 Å². The molecule has 0 aliphatic heterocycles. The fourth-order valence-corrected chi connectivity index (χ4v) is 2.18. The molecule has 2 rings (SSSR count). The number of aryl methyl sites for hydroxylation is 1. The minimum Gasteiger partial charge on any atom is -0.493 e. The number of hydrogen-bond donors (Lipinski definition) is 2. The van der Waals surface area contributed by atoms with E-state index < -0.39 is 0 Å². The van der Waals surface area contributed by atoms with Crippen LogP contribution in [-0.4, -0.2) is 12.5 Å². The molecular formula is C16H17BrN2O2. The topological polar surface area (TPSA) is 64.3 Å². The van der Waals surface area contributed by atoms with E-state index in [1.807, 2.05) is 37.3 Å². The normalized spacial score (nSPS) is 10.2. The molecule has 0 aromatic heterocycles. The molecule has 1 amide bonds. The van der Waals surface area contributed by atoms with Crippen LogP contribution in [0, 0.1) is 6.92 Å². The highest BCUT2D eigenvalue weighted by Crippen LogP contribution is 2.19.